The van der Waals surface area contributed by atoms with E-state index < -0.39 is 17.6 Å². The summed E-state index contributed by atoms with van der Waals surface area (Å²) in [6, 6.07) is 0.0520. The molecule has 104 valence electrons. The van der Waals surface area contributed by atoms with E-state index >= 15 is 0 Å². The summed E-state index contributed by atoms with van der Waals surface area (Å²) in [5, 5.41) is 0. The molecule has 8 heteroatoms. The van der Waals surface area contributed by atoms with E-state index in [2.05, 4.69) is 9.97 Å². The van der Waals surface area contributed by atoms with E-state index in [1.807, 2.05) is 0 Å². The van der Waals surface area contributed by atoms with Crippen LogP contribution in [0.15, 0.2) is 12.4 Å². The minimum absolute atomic E-state index is 0.00109. The molecule has 2 rings (SSSR count). The van der Waals surface area contributed by atoms with Crippen LogP contribution in [0.2, 0.25) is 0 Å². The van der Waals surface area contributed by atoms with Crippen molar-refractivity contribution >= 4 is 5.91 Å². The zero-order chi connectivity index (χ0) is 14.3. The van der Waals surface area contributed by atoms with Crippen LogP contribution in [-0.4, -0.2) is 46.6 Å². The number of aromatic nitrogens is 2. The second-order valence-corrected chi connectivity index (χ2v) is 4.35. The number of carbonyl (C=O) groups is 1. The molecule has 5 nitrogen and oxygen atoms in total. The van der Waals surface area contributed by atoms with Gasteiger partial charge in [0.15, 0.2) is 0 Å². The molecule has 1 aliphatic carbocycles. The molecule has 0 N–H and O–H groups in total. The number of methoxy groups -OCH3 is 1. The molecule has 1 saturated carbocycles. The fraction of sp³-hybridized carbons (Fsp3) is 0.545. The number of nitrogens with zero attached hydrogens (tertiary/aromatic N) is 3. The molecule has 1 aromatic heterocycles. The van der Waals surface area contributed by atoms with Crippen LogP contribution < -0.4 is 4.74 Å². The maximum atomic E-state index is 12.9. The van der Waals surface area contributed by atoms with Crippen LogP contribution in [0.4, 0.5) is 13.2 Å². The monoisotopic (exact) mass is 275 g/mol. The summed E-state index contributed by atoms with van der Waals surface area (Å²) in [7, 11) is 2.50. The lowest BCUT2D eigenvalue weighted by atomic mass is 10.2. The molecule has 0 unspecified atom stereocenters. The van der Waals surface area contributed by atoms with Gasteiger partial charge in [0, 0.05) is 19.4 Å². The first-order valence-corrected chi connectivity index (χ1v) is 5.53. The summed E-state index contributed by atoms with van der Waals surface area (Å²) in [5.74, 6) is -0.752. The maximum Gasteiger partial charge on any atom is 0.411 e. The molecule has 0 bridgehead atoms. The minimum Gasteiger partial charge on any atom is -0.467 e. The van der Waals surface area contributed by atoms with Gasteiger partial charge in [-0.15, -0.1) is 0 Å². The third-order valence-corrected chi connectivity index (χ3v) is 3.26. The Kier molecular flexibility index (Phi) is 3.11. The summed E-state index contributed by atoms with van der Waals surface area (Å²) < 4.78 is 43.4. The summed E-state index contributed by atoms with van der Waals surface area (Å²) in [6.45, 7) is 0. The van der Waals surface area contributed by atoms with Gasteiger partial charge in [-0.2, -0.15) is 13.2 Å². The number of amides is 1. The molecule has 0 saturated heterocycles. The van der Waals surface area contributed by atoms with Crippen molar-refractivity contribution in [1.82, 2.24) is 14.9 Å². The predicted octanol–water partition coefficient (Wildman–Crippen LogP) is 1.65. The van der Waals surface area contributed by atoms with Crippen molar-refractivity contribution in [1.29, 1.82) is 0 Å². The predicted molar refractivity (Wildman–Crippen MR) is 58.7 cm³/mol. The quantitative estimate of drug-likeness (QED) is 0.841. The van der Waals surface area contributed by atoms with Crippen molar-refractivity contribution in [2.75, 3.05) is 14.2 Å². The average Bonchev–Trinajstić information content (AvgIpc) is 3.18. The normalized spacial score (nSPS) is 16.9. The van der Waals surface area contributed by atoms with Gasteiger partial charge in [-0.1, -0.05) is 0 Å². The van der Waals surface area contributed by atoms with E-state index in [1.54, 1.807) is 0 Å². The maximum absolute atomic E-state index is 12.9. The highest BCUT2D eigenvalue weighted by Crippen LogP contribution is 2.53. The topological polar surface area (TPSA) is 55.3 Å². The molecule has 1 amide bonds. The first-order valence-electron chi connectivity index (χ1n) is 5.53. The first kappa shape index (κ1) is 13.6. The molecule has 0 aliphatic heterocycles. The van der Waals surface area contributed by atoms with Crippen LogP contribution in [0.3, 0.4) is 0 Å². The molecule has 1 heterocycles. The lowest BCUT2D eigenvalue weighted by molar-refractivity contribution is -0.185. The SMILES string of the molecule is COc1ncc(C(=O)N(C)C2(C(F)(F)F)CC2)cn1. The first-order chi connectivity index (χ1) is 8.82. The second kappa shape index (κ2) is 4.36. The van der Waals surface area contributed by atoms with Crippen LogP contribution in [0.5, 0.6) is 6.01 Å². The number of carbonyl (C=O) groups excluding carboxylic acids is 1. The van der Waals surface area contributed by atoms with Crippen molar-refractivity contribution in [2.45, 2.75) is 24.6 Å². The van der Waals surface area contributed by atoms with Gasteiger partial charge in [0.05, 0.1) is 12.7 Å². The molecule has 0 radical (unpaired) electrons. The third-order valence-electron chi connectivity index (χ3n) is 3.26. The lowest BCUT2D eigenvalue weighted by Crippen LogP contribution is -2.49. The van der Waals surface area contributed by atoms with E-state index in [-0.39, 0.29) is 24.4 Å². The Balaban J connectivity index is 2.20. The number of rotatable bonds is 3. The Morgan fingerprint density at radius 3 is 2.26 bits per heavy atom. The highest BCUT2D eigenvalue weighted by atomic mass is 19.4. The largest absolute Gasteiger partial charge is 0.467 e. The van der Waals surface area contributed by atoms with Gasteiger partial charge in [0.25, 0.3) is 5.91 Å². The Morgan fingerprint density at radius 1 is 1.37 bits per heavy atom. The summed E-state index contributed by atoms with van der Waals surface area (Å²) in [6.07, 6.45) is -2.27. The van der Waals surface area contributed by atoms with E-state index in [4.69, 9.17) is 4.74 Å². The number of halogens is 3. The highest BCUT2D eigenvalue weighted by Gasteiger charge is 2.67. The number of ether oxygens (including phenoxy) is 1. The van der Waals surface area contributed by atoms with Crippen LogP contribution >= 0.6 is 0 Å². The van der Waals surface area contributed by atoms with Gasteiger partial charge in [0.2, 0.25) is 0 Å². The number of alkyl halides is 3. The van der Waals surface area contributed by atoms with Gasteiger partial charge in [-0.25, -0.2) is 9.97 Å². The van der Waals surface area contributed by atoms with E-state index in [1.165, 1.54) is 7.11 Å². The van der Waals surface area contributed by atoms with Crippen molar-refractivity contribution in [3.63, 3.8) is 0 Å². The van der Waals surface area contributed by atoms with Crippen molar-refractivity contribution in [3.05, 3.63) is 18.0 Å². The minimum atomic E-state index is -4.43. The van der Waals surface area contributed by atoms with E-state index in [0.717, 1.165) is 24.3 Å². The highest BCUT2D eigenvalue weighted by molar-refractivity contribution is 5.94. The van der Waals surface area contributed by atoms with E-state index in [0.29, 0.717) is 0 Å². The van der Waals surface area contributed by atoms with Crippen LogP contribution in [0.1, 0.15) is 23.2 Å². The molecule has 0 atom stereocenters. The van der Waals surface area contributed by atoms with Gasteiger partial charge in [-0.05, 0) is 12.8 Å². The zero-order valence-electron chi connectivity index (χ0n) is 10.4. The van der Waals surface area contributed by atoms with Crippen molar-refractivity contribution in [2.24, 2.45) is 0 Å². The number of hydrogen-bond acceptors (Lipinski definition) is 4. The second-order valence-electron chi connectivity index (χ2n) is 4.35. The Bertz CT molecular complexity index is 483. The lowest BCUT2D eigenvalue weighted by Gasteiger charge is -2.29. The van der Waals surface area contributed by atoms with Crippen LogP contribution in [0, 0.1) is 0 Å². The molecular weight excluding hydrogens is 263 g/mol. The molecule has 1 aliphatic rings. The van der Waals surface area contributed by atoms with Gasteiger partial charge in [0.1, 0.15) is 5.54 Å². The molecule has 19 heavy (non-hydrogen) atoms. The standard InChI is InChI=1S/C11H12F3N3O2/c1-17(10(3-4-10)11(12,13)14)8(18)7-5-15-9(19-2)16-6-7/h5-6H,3-4H2,1-2H3. The van der Waals surface area contributed by atoms with Gasteiger partial charge < -0.3 is 9.64 Å². The Morgan fingerprint density at radius 2 is 1.89 bits per heavy atom. The zero-order valence-corrected chi connectivity index (χ0v) is 10.4. The summed E-state index contributed by atoms with van der Waals surface area (Å²) >= 11 is 0. The molecule has 1 aromatic rings. The fourth-order valence-corrected chi connectivity index (χ4v) is 1.85. The van der Waals surface area contributed by atoms with Gasteiger partial charge >= 0.3 is 12.2 Å². The molecule has 0 spiro atoms. The number of hydrogen-bond donors (Lipinski definition) is 0. The molecular formula is C11H12F3N3O2. The van der Waals surface area contributed by atoms with Crippen LogP contribution in [0.25, 0.3) is 0 Å². The van der Waals surface area contributed by atoms with E-state index in [9.17, 15) is 18.0 Å². The Labute approximate surface area is 107 Å². The fourth-order valence-electron chi connectivity index (χ4n) is 1.85. The molecule has 0 aromatic carbocycles. The smallest absolute Gasteiger partial charge is 0.411 e. The average molecular weight is 275 g/mol. The van der Waals surface area contributed by atoms with Crippen LogP contribution in [-0.2, 0) is 0 Å². The summed E-state index contributed by atoms with van der Waals surface area (Å²) in [4.78, 5) is 20.1. The molecule has 1 fully saturated rings. The summed E-state index contributed by atoms with van der Waals surface area (Å²) in [5.41, 5.74) is -2.04. The Hall–Kier alpha value is -1.86. The van der Waals surface area contributed by atoms with Crippen molar-refractivity contribution in [3.8, 4) is 6.01 Å². The van der Waals surface area contributed by atoms with Gasteiger partial charge in [-0.3, -0.25) is 4.79 Å². The third kappa shape index (κ3) is 2.22. The van der Waals surface area contributed by atoms with Crippen molar-refractivity contribution < 1.29 is 22.7 Å².